The van der Waals surface area contributed by atoms with E-state index in [-0.39, 0.29) is 23.6 Å². The Labute approximate surface area is 198 Å². The van der Waals surface area contributed by atoms with Gasteiger partial charge in [-0.1, -0.05) is 30.3 Å². The highest BCUT2D eigenvalue weighted by Crippen LogP contribution is 2.19. The second kappa shape index (κ2) is 10.8. The molecule has 3 aromatic rings. The predicted molar refractivity (Wildman–Crippen MR) is 131 cm³/mol. The summed E-state index contributed by atoms with van der Waals surface area (Å²) >= 11 is 0. The van der Waals surface area contributed by atoms with Crippen LogP contribution >= 0.6 is 0 Å². The number of benzene rings is 2. The Kier molecular flexibility index (Phi) is 7.39. The topological polar surface area (TPSA) is 83.9 Å². The first-order valence-corrected chi connectivity index (χ1v) is 11.2. The average Bonchev–Trinajstić information content (AvgIpc) is 2.86. The lowest BCUT2D eigenvalue weighted by Gasteiger charge is -2.28. The van der Waals surface area contributed by atoms with E-state index in [9.17, 15) is 14.4 Å². The van der Waals surface area contributed by atoms with Crippen LogP contribution in [0.15, 0.2) is 77.7 Å². The number of nitrogens with zero attached hydrogens (tertiary/aromatic N) is 3. The van der Waals surface area contributed by atoms with Gasteiger partial charge < -0.3 is 24.4 Å². The average molecular weight is 461 g/mol. The lowest BCUT2D eigenvalue weighted by molar-refractivity contribution is -0.116. The van der Waals surface area contributed by atoms with E-state index in [1.165, 1.54) is 22.6 Å². The van der Waals surface area contributed by atoms with E-state index in [1.807, 2.05) is 54.6 Å². The van der Waals surface area contributed by atoms with Crippen LogP contribution in [0.1, 0.15) is 15.9 Å². The summed E-state index contributed by atoms with van der Waals surface area (Å²) in [6.45, 7) is 3.29. The molecule has 1 aliphatic heterocycles. The third kappa shape index (κ3) is 5.71. The molecule has 2 amide bonds. The fraction of sp³-hybridized carbons (Fsp3) is 0.269. The molecule has 0 saturated carbocycles. The maximum absolute atomic E-state index is 12.9. The van der Waals surface area contributed by atoms with Crippen molar-refractivity contribution in [3.63, 3.8) is 0 Å². The molecule has 1 N–H and O–H groups in total. The van der Waals surface area contributed by atoms with Gasteiger partial charge in [0.15, 0.2) is 0 Å². The summed E-state index contributed by atoms with van der Waals surface area (Å²) in [5, 5.41) is 2.81. The Balaban J connectivity index is 1.36. The molecule has 34 heavy (non-hydrogen) atoms. The van der Waals surface area contributed by atoms with Gasteiger partial charge in [-0.2, -0.15) is 0 Å². The lowest BCUT2D eigenvalue weighted by Crippen LogP contribution is -2.38. The first-order chi connectivity index (χ1) is 16.5. The van der Waals surface area contributed by atoms with Crippen molar-refractivity contribution < 1.29 is 14.3 Å². The number of nitrogens with one attached hydrogen (secondary N) is 1. The molecule has 0 bridgehead atoms. The number of rotatable bonds is 7. The number of likely N-dealkylation sites (N-methyl/N-ethyl adjacent to an activating group) is 1. The summed E-state index contributed by atoms with van der Waals surface area (Å²) in [7, 11) is 1.51. The van der Waals surface area contributed by atoms with Crippen LogP contribution in [0.2, 0.25) is 0 Å². The lowest BCUT2D eigenvalue weighted by atomic mass is 10.2. The van der Waals surface area contributed by atoms with Crippen LogP contribution in [0.25, 0.3) is 0 Å². The van der Waals surface area contributed by atoms with Crippen molar-refractivity contribution in [2.75, 3.05) is 50.1 Å². The van der Waals surface area contributed by atoms with Crippen LogP contribution in [-0.2, 0) is 16.1 Å². The van der Waals surface area contributed by atoms with Crippen molar-refractivity contribution in [1.82, 2.24) is 9.47 Å². The van der Waals surface area contributed by atoms with Crippen LogP contribution in [0.5, 0.6) is 0 Å². The molecule has 1 fully saturated rings. The smallest absolute Gasteiger partial charge is 0.263 e. The third-order valence-corrected chi connectivity index (χ3v) is 5.70. The van der Waals surface area contributed by atoms with Crippen molar-refractivity contribution in [2.24, 2.45) is 0 Å². The number of amides is 2. The number of ether oxygens (including phenoxy) is 1. The van der Waals surface area contributed by atoms with Gasteiger partial charge >= 0.3 is 0 Å². The summed E-state index contributed by atoms with van der Waals surface area (Å²) in [6.07, 6.45) is 1.65. The molecule has 2 heterocycles. The quantitative estimate of drug-likeness (QED) is 0.586. The summed E-state index contributed by atoms with van der Waals surface area (Å²) < 4.78 is 6.87. The first kappa shape index (κ1) is 23.3. The Hall–Kier alpha value is -3.91. The van der Waals surface area contributed by atoms with Crippen LogP contribution in [0.4, 0.5) is 11.4 Å². The monoisotopic (exact) mass is 460 g/mol. The minimum atomic E-state index is -0.495. The number of pyridine rings is 1. The molecule has 2 aromatic carbocycles. The van der Waals surface area contributed by atoms with Gasteiger partial charge in [-0.3, -0.25) is 14.4 Å². The maximum atomic E-state index is 12.9. The largest absolute Gasteiger partial charge is 0.378 e. The highest BCUT2D eigenvalue weighted by molar-refractivity contribution is 5.99. The molecule has 8 heteroatoms. The number of anilines is 2. The maximum Gasteiger partial charge on any atom is 0.263 e. The van der Waals surface area contributed by atoms with Gasteiger partial charge in [0.05, 0.1) is 26.3 Å². The van der Waals surface area contributed by atoms with E-state index in [1.54, 1.807) is 12.3 Å². The second-order valence-electron chi connectivity index (χ2n) is 8.20. The minimum Gasteiger partial charge on any atom is -0.378 e. The third-order valence-electron chi connectivity index (χ3n) is 5.70. The van der Waals surface area contributed by atoms with Crippen LogP contribution in [0.3, 0.4) is 0 Å². The van der Waals surface area contributed by atoms with Crippen molar-refractivity contribution in [3.05, 3.63) is 94.4 Å². The van der Waals surface area contributed by atoms with Gasteiger partial charge in [-0.15, -0.1) is 0 Å². The Bertz CT molecular complexity index is 1190. The van der Waals surface area contributed by atoms with Crippen molar-refractivity contribution >= 4 is 23.2 Å². The molecule has 1 saturated heterocycles. The molecule has 0 aliphatic carbocycles. The number of carbonyl (C=O) groups excluding carboxylic acids is 2. The molecular weight excluding hydrogens is 432 g/mol. The van der Waals surface area contributed by atoms with Crippen LogP contribution < -0.4 is 15.8 Å². The summed E-state index contributed by atoms with van der Waals surface area (Å²) in [6, 6.07) is 20.3. The molecule has 8 nitrogen and oxygen atoms in total. The molecule has 1 aromatic heterocycles. The van der Waals surface area contributed by atoms with E-state index in [2.05, 4.69) is 10.2 Å². The fourth-order valence-electron chi connectivity index (χ4n) is 3.87. The number of morpholine rings is 1. The number of aromatic nitrogens is 1. The van der Waals surface area contributed by atoms with Gasteiger partial charge in [-0.25, -0.2) is 0 Å². The summed E-state index contributed by atoms with van der Waals surface area (Å²) in [5.74, 6) is -0.833. The minimum absolute atomic E-state index is 0.0311. The second-order valence-corrected chi connectivity index (χ2v) is 8.20. The van der Waals surface area contributed by atoms with Gasteiger partial charge in [0.2, 0.25) is 5.91 Å². The Morgan fingerprint density at radius 1 is 0.971 bits per heavy atom. The number of hydrogen-bond acceptors (Lipinski definition) is 5. The van der Waals surface area contributed by atoms with Gasteiger partial charge in [-0.05, 0) is 42.0 Å². The first-order valence-electron chi connectivity index (χ1n) is 11.2. The zero-order valence-corrected chi connectivity index (χ0v) is 19.1. The zero-order chi connectivity index (χ0) is 23.9. The molecule has 176 valence electrons. The Morgan fingerprint density at radius 3 is 2.38 bits per heavy atom. The van der Waals surface area contributed by atoms with E-state index >= 15 is 0 Å². The Morgan fingerprint density at radius 2 is 1.68 bits per heavy atom. The zero-order valence-electron chi connectivity index (χ0n) is 19.1. The van der Waals surface area contributed by atoms with Crippen LogP contribution in [-0.4, -0.2) is 61.2 Å². The molecular formula is C26H28N4O4. The highest BCUT2D eigenvalue weighted by Gasteiger charge is 2.19. The normalized spacial score (nSPS) is 13.4. The predicted octanol–water partition coefficient (Wildman–Crippen LogP) is 2.44. The van der Waals surface area contributed by atoms with E-state index < -0.39 is 5.91 Å². The standard InChI is InChI=1S/C26H28N4O4/c1-28(19-24(31)27-21-9-11-22(12-10-21)29-14-16-34-17-15-29)25(32)23-8-5-13-30(26(23)33)18-20-6-3-2-4-7-20/h2-13H,14-19H2,1H3,(H,27,31). The van der Waals surface area contributed by atoms with Crippen molar-refractivity contribution in [1.29, 1.82) is 0 Å². The van der Waals surface area contributed by atoms with E-state index in [0.717, 1.165) is 24.3 Å². The molecule has 0 unspecified atom stereocenters. The summed E-state index contributed by atoms with van der Waals surface area (Å²) in [4.78, 5) is 41.8. The van der Waals surface area contributed by atoms with Gasteiger partial charge in [0.25, 0.3) is 11.5 Å². The summed E-state index contributed by atoms with van der Waals surface area (Å²) in [5.41, 5.74) is 2.32. The highest BCUT2D eigenvalue weighted by atomic mass is 16.5. The molecule has 0 atom stereocenters. The molecule has 4 rings (SSSR count). The van der Waals surface area contributed by atoms with E-state index in [0.29, 0.717) is 25.4 Å². The van der Waals surface area contributed by atoms with Crippen LogP contribution in [0, 0.1) is 0 Å². The van der Waals surface area contributed by atoms with Crippen molar-refractivity contribution in [3.8, 4) is 0 Å². The molecule has 0 spiro atoms. The SMILES string of the molecule is CN(CC(=O)Nc1ccc(N2CCOCC2)cc1)C(=O)c1cccn(Cc2ccccc2)c1=O. The van der Waals surface area contributed by atoms with Gasteiger partial charge in [0.1, 0.15) is 5.56 Å². The number of hydrogen-bond donors (Lipinski definition) is 1. The van der Waals surface area contributed by atoms with Crippen molar-refractivity contribution in [2.45, 2.75) is 6.54 Å². The number of carbonyl (C=O) groups is 2. The van der Waals surface area contributed by atoms with Gasteiger partial charge in [0, 0.05) is 37.7 Å². The molecule has 0 radical (unpaired) electrons. The fourth-order valence-corrected chi connectivity index (χ4v) is 3.87. The molecule has 1 aliphatic rings. The van der Waals surface area contributed by atoms with E-state index in [4.69, 9.17) is 4.74 Å².